The molecule has 2 aliphatic heterocycles. The van der Waals surface area contributed by atoms with E-state index in [9.17, 15) is 27.6 Å². The van der Waals surface area contributed by atoms with Crippen molar-refractivity contribution in [2.45, 2.75) is 39.0 Å². The summed E-state index contributed by atoms with van der Waals surface area (Å²) >= 11 is 0.709. The Hall–Kier alpha value is -3.27. The summed E-state index contributed by atoms with van der Waals surface area (Å²) in [6, 6.07) is 7.48. The first-order valence-electron chi connectivity index (χ1n) is 9.92. The molecule has 3 amide bonds. The van der Waals surface area contributed by atoms with Crippen molar-refractivity contribution in [3.05, 3.63) is 51.9 Å². The highest BCUT2D eigenvalue weighted by Gasteiger charge is 2.35. The van der Waals surface area contributed by atoms with Gasteiger partial charge in [-0.15, -0.1) is 13.2 Å². The maximum absolute atomic E-state index is 13.1. The van der Waals surface area contributed by atoms with Crippen LogP contribution in [0.15, 0.2) is 35.2 Å². The van der Waals surface area contributed by atoms with Crippen molar-refractivity contribution in [1.82, 2.24) is 5.32 Å². The fourth-order valence-corrected chi connectivity index (χ4v) is 4.67. The van der Waals surface area contributed by atoms with Gasteiger partial charge >= 0.3 is 6.36 Å². The van der Waals surface area contributed by atoms with Crippen molar-refractivity contribution in [3.8, 4) is 16.9 Å². The summed E-state index contributed by atoms with van der Waals surface area (Å²) in [6.45, 7) is 5.63. The van der Waals surface area contributed by atoms with Crippen LogP contribution in [-0.2, 0) is 15.0 Å². The first-order valence-corrected chi connectivity index (χ1v) is 10.7. The standard InChI is InChI=1S/C23H19F3N2O4S/c1-11-6-15-16(27-19(29)10-22(15,2)3)9-13(11)14-7-12(4-5-17(14)32-23(24,25)26)8-18-20(30)28-21(31)33-18/h4-9H,10H2,1-3H3,(H,27,29)(H,28,30,31)/b18-8-. The molecule has 4 rings (SSSR count). The summed E-state index contributed by atoms with van der Waals surface area (Å²) in [7, 11) is 0. The molecule has 0 saturated carbocycles. The van der Waals surface area contributed by atoms with Gasteiger partial charge in [0.1, 0.15) is 5.75 Å². The number of hydrogen-bond donors (Lipinski definition) is 2. The largest absolute Gasteiger partial charge is 0.573 e. The van der Waals surface area contributed by atoms with Crippen molar-refractivity contribution < 1.29 is 32.3 Å². The van der Waals surface area contributed by atoms with Crippen LogP contribution in [0.3, 0.4) is 0 Å². The molecule has 2 N–H and O–H groups in total. The van der Waals surface area contributed by atoms with E-state index in [-0.39, 0.29) is 16.4 Å². The van der Waals surface area contributed by atoms with E-state index in [1.54, 1.807) is 13.0 Å². The maximum Gasteiger partial charge on any atom is 0.573 e. The number of halogens is 3. The van der Waals surface area contributed by atoms with Gasteiger partial charge in [0.05, 0.1) is 4.91 Å². The number of carbonyl (C=O) groups is 3. The Morgan fingerprint density at radius 3 is 2.42 bits per heavy atom. The molecule has 33 heavy (non-hydrogen) atoms. The first kappa shape index (κ1) is 22.9. The third kappa shape index (κ3) is 4.75. The molecule has 0 aromatic heterocycles. The molecule has 0 spiro atoms. The minimum atomic E-state index is -4.92. The number of rotatable bonds is 3. The highest BCUT2D eigenvalue weighted by atomic mass is 32.2. The Kier molecular flexibility index (Phi) is 5.52. The number of alkyl halides is 3. The molecule has 1 saturated heterocycles. The van der Waals surface area contributed by atoms with E-state index in [1.165, 1.54) is 18.2 Å². The number of amides is 3. The fraction of sp³-hybridized carbons (Fsp3) is 0.261. The topological polar surface area (TPSA) is 84.5 Å². The lowest BCUT2D eigenvalue weighted by atomic mass is 9.76. The van der Waals surface area contributed by atoms with Crippen LogP contribution in [0.2, 0.25) is 0 Å². The Labute approximate surface area is 191 Å². The zero-order chi connectivity index (χ0) is 24.1. The predicted molar refractivity (Wildman–Crippen MR) is 119 cm³/mol. The molecule has 0 unspecified atom stereocenters. The maximum atomic E-state index is 13.1. The van der Waals surface area contributed by atoms with Crippen LogP contribution in [0.4, 0.5) is 23.7 Å². The molecule has 0 atom stereocenters. The summed E-state index contributed by atoms with van der Waals surface area (Å²) in [5.41, 5.74) is 2.65. The third-order valence-electron chi connectivity index (χ3n) is 5.43. The van der Waals surface area contributed by atoms with E-state index in [2.05, 4.69) is 15.4 Å². The van der Waals surface area contributed by atoms with Crippen molar-refractivity contribution in [2.24, 2.45) is 0 Å². The van der Waals surface area contributed by atoms with E-state index in [4.69, 9.17) is 0 Å². The van der Waals surface area contributed by atoms with Gasteiger partial charge in [-0.25, -0.2) is 0 Å². The molecule has 1 fully saturated rings. The summed E-state index contributed by atoms with van der Waals surface area (Å²) in [5.74, 6) is -1.17. The molecule has 0 bridgehead atoms. The predicted octanol–water partition coefficient (Wildman–Crippen LogP) is 5.50. The molecule has 0 aliphatic carbocycles. The third-order valence-corrected chi connectivity index (χ3v) is 6.24. The van der Waals surface area contributed by atoms with Gasteiger partial charge < -0.3 is 10.1 Å². The van der Waals surface area contributed by atoms with Crippen LogP contribution >= 0.6 is 11.8 Å². The van der Waals surface area contributed by atoms with Gasteiger partial charge in [0.15, 0.2) is 0 Å². The number of thioether (sulfide) groups is 1. The number of anilines is 1. The number of aryl methyl sites for hydroxylation is 1. The minimum absolute atomic E-state index is 0.131. The van der Waals surface area contributed by atoms with Gasteiger partial charge in [-0.1, -0.05) is 26.0 Å². The van der Waals surface area contributed by atoms with Gasteiger partial charge in [0.25, 0.3) is 11.1 Å². The average molecular weight is 476 g/mol. The molecule has 172 valence electrons. The molecule has 2 aromatic rings. The number of ether oxygens (including phenoxy) is 1. The molecule has 10 heteroatoms. The monoisotopic (exact) mass is 476 g/mol. The zero-order valence-corrected chi connectivity index (χ0v) is 18.7. The van der Waals surface area contributed by atoms with Crippen molar-refractivity contribution in [2.75, 3.05) is 5.32 Å². The van der Waals surface area contributed by atoms with Crippen molar-refractivity contribution in [3.63, 3.8) is 0 Å². The minimum Gasteiger partial charge on any atom is -0.405 e. The number of fused-ring (bicyclic) bond motifs is 1. The Morgan fingerprint density at radius 1 is 1.06 bits per heavy atom. The first-order chi connectivity index (χ1) is 15.3. The highest BCUT2D eigenvalue weighted by molar-refractivity contribution is 8.18. The van der Waals surface area contributed by atoms with Crippen LogP contribution in [0, 0.1) is 6.92 Å². The Bertz CT molecular complexity index is 1230. The van der Waals surface area contributed by atoms with E-state index in [0.717, 1.165) is 11.6 Å². The molecular weight excluding hydrogens is 457 g/mol. The van der Waals surface area contributed by atoms with Crippen LogP contribution in [0.1, 0.15) is 37.0 Å². The number of imide groups is 1. The normalized spacial score (nSPS) is 18.7. The number of carbonyl (C=O) groups excluding carboxylic acids is 3. The number of benzene rings is 2. The van der Waals surface area contributed by atoms with E-state index < -0.39 is 28.7 Å². The Morgan fingerprint density at radius 2 is 1.79 bits per heavy atom. The smallest absolute Gasteiger partial charge is 0.405 e. The van der Waals surface area contributed by atoms with E-state index in [0.29, 0.717) is 40.6 Å². The van der Waals surface area contributed by atoms with Crippen LogP contribution in [-0.4, -0.2) is 23.4 Å². The summed E-state index contributed by atoms with van der Waals surface area (Å²) < 4.78 is 43.6. The van der Waals surface area contributed by atoms with Gasteiger partial charge in [0, 0.05) is 23.1 Å². The van der Waals surface area contributed by atoms with Crippen LogP contribution in [0.5, 0.6) is 5.75 Å². The second kappa shape index (κ2) is 7.95. The Balaban J connectivity index is 1.87. The van der Waals surface area contributed by atoms with Gasteiger partial charge in [0.2, 0.25) is 5.91 Å². The zero-order valence-electron chi connectivity index (χ0n) is 17.8. The van der Waals surface area contributed by atoms with Gasteiger partial charge in [-0.2, -0.15) is 0 Å². The lowest BCUT2D eigenvalue weighted by Gasteiger charge is -2.33. The highest BCUT2D eigenvalue weighted by Crippen LogP contribution is 2.43. The quantitative estimate of drug-likeness (QED) is 0.571. The molecule has 2 aromatic carbocycles. The second-order valence-electron chi connectivity index (χ2n) is 8.48. The number of hydrogen-bond acceptors (Lipinski definition) is 5. The average Bonchev–Trinajstić information content (AvgIpc) is 2.98. The summed E-state index contributed by atoms with van der Waals surface area (Å²) in [4.78, 5) is 35.6. The van der Waals surface area contributed by atoms with Crippen LogP contribution < -0.4 is 15.4 Å². The van der Waals surface area contributed by atoms with Crippen LogP contribution in [0.25, 0.3) is 17.2 Å². The summed E-state index contributed by atoms with van der Waals surface area (Å²) in [6.07, 6.45) is -3.20. The van der Waals surface area contributed by atoms with Gasteiger partial charge in [-0.3, -0.25) is 19.7 Å². The molecule has 6 nitrogen and oxygen atoms in total. The lowest BCUT2D eigenvalue weighted by molar-refractivity contribution is -0.274. The molecule has 0 radical (unpaired) electrons. The molecule has 2 heterocycles. The fourth-order valence-electron chi connectivity index (χ4n) is 3.99. The number of nitrogens with one attached hydrogen (secondary N) is 2. The molecular formula is C23H19F3N2O4S. The van der Waals surface area contributed by atoms with E-state index in [1.807, 2.05) is 19.9 Å². The lowest BCUT2D eigenvalue weighted by Crippen LogP contribution is -2.32. The van der Waals surface area contributed by atoms with Crippen molar-refractivity contribution in [1.29, 1.82) is 0 Å². The molecule has 2 aliphatic rings. The SMILES string of the molecule is Cc1cc2c(cc1-c1cc(/C=C3\SC(=O)NC3=O)ccc1OC(F)(F)F)NC(=O)CC2(C)C. The summed E-state index contributed by atoms with van der Waals surface area (Å²) in [5, 5.41) is 4.41. The van der Waals surface area contributed by atoms with E-state index >= 15 is 0 Å². The van der Waals surface area contributed by atoms with Crippen molar-refractivity contribution >= 4 is 40.6 Å². The van der Waals surface area contributed by atoms with Gasteiger partial charge in [-0.05, 0) is 65.2 Å². The second-order valence-corrected chi connectivity index (χ2v) is 9.49.